The van der Waals surface area contributed by atoms with Crippen molar-refractivity contribution in [1.82, 2.24) is 15.0 Å². The molecule has 5 heteroatoms. The number of aromatic nitrogens is 3. The molecule has 9 rings (SSSR count). The lowest BCUT2D eigenvalue weighted by atomic mass is 9.91. The van der Waals surface area contributed by atoms with Gasteiger partial charge in [0, 0.05) is 21.9 Å². The summed E-state index contributed by atoms with van der Waals surface area (Å²) in [5, 5.41) is 11.4. The normalized spacial score (nSPS) is 11.1. The Hall–Kier alpha value is -7.16. The van der Waals surface area contributed by atoms with Crippen LogP contribution in [0.25, 0.3) is 89.2 Å². The van der Waals surface area contributed by atoms with Gasteiger partial charge in [-0.1, -0.05) is 115 Å². The summed E-state index contributed by atoms with van der Waals surface area (Å²) in [5.74, 6) is 1.15. The molecule has 0 saturated heterocycles. The van der Waals surface area contributed by atoms with E-state index in [-0.39, 0.29) is 0 Å². The number of rotatable bonds is 6. The Kier molecular flexibility index (Phi) is 7.46. The summed E-state index contributed by atoms with van der Waals surface area (Å²) in [7, 11) is 0. The highest BCUT2D eigenvalue weighted by atomic mass is 16.3. The van der Waals surface area contributed by atoms with Crippen LogP contribution < -0.4 is 0 Å². The maximum absolute atomic E-state index is 9.29. The molecule has 0 amide bonds. The zero-order valence-electron chi connectivity index (χ0n) is 27.4. The first-order valence-electron chi connectivity index (χ1n) is 16.7. The zero-order chi connectivity index (χ0) is 34.1. The van der Waals surface area contributed by atoms with E-state index in [2.05, 4.69) is 101 Å². The van der Waals surface area contributed by atoms with E-state index in [0.29, 0.717) is 17.2 Å². The molecule has 0 fully saturated rings. The van der Waals surface area contributed by atoms with Gasteiger partial charge in [0.25, 0.3) is 0 Å². The molecule has 0 saturated carbocycles. The molecule has 9 aromatic rings. The molecule has 0 aliphatic carbocycles. The van der Waals surface area contributed by atoms with Gasteiger partial charge < -0.3 is 4.42 Å². The van der Waals surface area contributed by atoms with Crippen molar-refractivity contribution < 1.29 is 4.42 Å². The predicted molar refractivity (Wildman–Crippen MR) is 204 cm³/mol. The summed E-state index contributed by atoms with van der Waals surface area (Å²) < 4.78 is 6.50. The zero-order valence-corrected chi connectivity index (χ0v) is 27.4. The minimum atomic E-state index is 0.566. The highest BCUT2D eigenvalue weighted by molar-refractivity contribution is 6.13. The molecule has 0 aliphatic rings. The smallest absolute Gasteiger partial charge is 0.163 e. The molecule has 0 aliphatic heterocycles. The van der Waals surface area contributed by atoms with Gasteiger partial charge in [-0.05, 0) is 93.0 Å². The van der Waals surface area contributed by atoms with E-state index < -0.39 is 0 Å². The molecule has 0 atom stereocenters. The predicted octanol–water partition coefficient (Wildman–Crippen LogP) is 11.6. The second-order valence-corrected chi connectivity index (χ2v) is 12.4. The minimum Gasteiger partial charge on any atom is -0.456 e. The molecule has 5 nitrogen and oxygen atoms in total. The largest absolute Gasteiger partial charge is 0.456 e. The van der Waals surface area contributed by atoms with Gasteiger partial charge in [-0.25, -0.2) is 15.0 Å². The Bertz CT molecular complexity index is 2690. The van der Waals surface area contributed by atoms with Crippen LogP contribution in [0.5, 0.6) is 0 Å². The first-order valence-corrected chi connectivity index (χ1v) is 16.7. The average molecular weight is 653 g/mol. The standard InChI is InChI=1S/C46H28N4O/c47-28-30-9-7-14-35(23-30)33-17-19-34(20-18-33)45-48-29-49-46(50-45)36-21-22-41-43(27-36)51-42-16-8-15-40(44(41)42)39-25-37(31-10-3-1-4-11-31)24-38(26-39)32-12-5-2-6-13-32/h1-27,29H. The Labute approximate surface area is 294 Å². The van der Waals surface area contributed by atoms with Crippen LogP contribution in [0, 0.1) is 11.3 Å². The number of hydrogen-bond acceptors (Lipinski definition) is 5. The van der Waals surface area contributed by atoms with Crippen molar-refractivity contribution in [2.75, 3.05) is 0 Å². The monoisotopic (exact) mass is 652 g/mol. The van der Waals surface area contributed by atoms with Crippen LogP contribution in [-0.4, -0.2) is 15.0 Å². The van der Waals surface area contributed by atoms with E-state index in [4.69, 9.17) is 9.40 Å². The van der Waals surface area contributed by atoms with Gasteiger partial charge in [0.15, 0.2) is 11.6 Å². The quantitative estimate of drug-likeness (QED) is 0.179. The molecular weight excluding hydrogens is 625 g/mol. The van der Waals surface area contributed by atoms with Gasteiger partial charge in [-0.2, -0.15) is 5.26 Å². The number of nitrogens with zero attached hydrogens (tertiary/aromatic N) is 4. The molecule has 0 bridgehead atoms. The summed E-state index contributed by atoms with van der Waals surface area (Å²) in [6.45, 7) is 0. The number of nitriles is 1. The van der Waals surface area contributed by atoms with Crippen molar-refractivity contribution in [2.24, 2.45) is 0 Å². The molecule has 0 spiro atoms. The molecule has 0 unspecified atom stereocenters. The minimum absolute atomic E-state index is 0.566. The fraction of sp³-hybridized carbons (Fsp3) is 0. The van der Waals surface area contributed by atoms with Crippen molar-refractivity contribution in [2.45, 2.75) is 0 Å². The summed E-state index contributed by atoms with van der Waals surface area (Å²) in [4.78, 5) is 13.8. The number of hydrogen-bond donors (Lipinski definition) is 0. The third-order valence-electron chi connectivity index (χ3n) is 9.25. The van der Waals surface area contributed by atoms with Crippen LogP contribution in [0.15, 0.2) is 175 Å². The first kappa shape index (κ1) is 29.9. The van der Waals surface area contributed by atoms with Crippen molar-refractivity contribution in [3.05, 3.63) is 176 Å². The molecule has 0 N–H and O–H groups in total. The van der Waals surface area contributed by atoms with Crippen LogP contribution in [-0.2, 0) is 0 Å². The highest BCUT2D eigenvalue weighted by Gasteiger charge is 2.16. The van der Waals surface area contributed by atoms with Crippen molar-refractivity contribution in [3.63, 3.8) is 0 Å². The molecule has 7 aromatic carbocycles. The van der Waals surface area contributed by atoms with Crippen LogP contribution in [0.1, 0.15) is 5.56 Å². The van der Waals surface area contributed by atoms with E-state index in [1.54, 1.807) is 12.4 Å². The maximum atomic E-state index is 9.29. The van der Waals surface area contributed by atoms with E-state index in [1.165, 1.54) is 11.1 Å². The fourth-order valence-electron chi connectivity index (χ4n) is 6.74. The highest BCUT2D eigenvalue weighted by Crippen LogP contribution is 2.40. The van der Waals surface area contributed by atoms with Gasteiger partial charge in [0.2, 0.25) is 0 Å². The van der Waals surface area contributed by atoms with Crippen molar-refractivity contribution in [3.8, 4) is 73.4 Å². The Morgan fingerprint density at radius 2 is 1.02 bits per heavy atom. The topological polar surface area (TPSA) is 75.6 Å². The summed E-state index contributed by atoms with van der Waals surface area (Å²) in [5.41, 5.74) is 12.8. The molecule has 2 heterocycles. The van der Waals surface area contributed by atoms with Crippen LogP contribution in [0.2, 0.25) is 0 Å². The molecule has 0 radical (unpaired) electrons. The average Bonchev–Trinajstić information content (AvgIpc) is 3.60. The van der Waals surface area contributed by atoms with Gasteiger partial charge >= 0.3 is 0 Å². The molecule has 238 valence electrons. The van der Waals surface area contributed by atoms with Gasteiger partial charge in [0.1, 0.15) is 17.5 Å². The SMILES string of the molecule is N#Cc1cccc(-c2ccc(-c3ncnc(-c4ccc5c(c4)oc4cccc(-c6cc(-c7ccccc7)cc(-c7ccccc7)c6)c45)n3)cc2)c1. The molecular formula is C46H28N4O. The van der Waals surface area contributed by atoms with Gasteiger partial charge in [0.05, 0.1) is 11.6 Å². The van der Waals surface area contributed by atoms with Crippen molar-refractivity contribution >= 4 is 21.9 Å². The fourth-order valence-corrected chi connectivity index (χ4v) is 6.74. The number of furan rings is 1. The van der Waals surface area contributed by atoms with Crippen LogP contribution >= 0.6 is 0 Å². The lowest BCUT2D eigenvalue weighted by Crippen LogP contribution is -1.95. The lowest BCUT2D eigenvalue weighted by Gasteiger charge is -2.12. The molecule has 51 heavy (non-hydrogen) atoms. The number of benzene rings is 7. The third kappa shape index (κ3) is 5.71. The van der Waals surface area contributed by atoms with Crippen LogP contribution in [0.3, 0.4) is 0 Å². The van der Waals surface area contributed by atoms with Gasteiger partial charge in [-0.3, -0.25) is 0 Å². The number of fused-ring (bicyclic) bond motifs is 3. The lowest BCUT2D eigenvalue weighted by molar-refractivity contribution is 0.669. The van der Waals surface area contributed by atoms with E-state index in [0.717, 1.165) is 66.4 Å². The summed E-state index contributed by atoms with van der Waals surface area (Å²) in [6, 6.07) is 58.1. The second-order valence-electron chi connectivity index (χ2n) is 12.4. The van der Waals surface area contributed by atoms with Crippen molar-refractivity contribution in [1.29, 1.82) is 5.26 Å². The Morgan fingerprint density at radius 1 is 0.431 bits per heavy atom. The third-order valence-corrected chi connectivity index (χ3v) is 9.25. The summed E-state index contributed by atoms with van der Waals surface area (Å²) in [6.07, 6.45) is 1.55. The maximum Gasteiger partial charge on any atom is 0.163 e. The van der Waals surface area contributed by atoms with E-state index in [1.807, 2.05) is 72.8 Å². The summed E-state index contributed by atoms with van der Waals surface area (Å²) >= 11 is 0. The van der Waals surface area contributed by atoms with E-state index in [9.17, 15) is 5.26 Å². The first-order chi connectivity index (χ1) is 25.2. The Balaban J connectivity index is 1.10. The van der Waals surface area contributed by atoms with Crippen LogP contribution in [0.4, 0.5) is 0 Å². The van der Waals surface area contributed by atoms with E-state index >= 15 is 0 Å². The van der Waals surface area contributed by atoms with Gasteiger partial charge in [-0.15, -0.1) is 0 Å². The second kappa shape index (κ2) is 12.7. The molecule has 2 aromatic heterocycles. The Morgan fingerprint density at radius 3 is 1.73 bits per heavy atom.